The summed E-state index contributed by atoms with van der Waals surface area (Å²) in [6, 6.07) is 6.77. The Hall–Kier alpha value is -2.10. The highest BCUT2D eigenvalue weighted by Gasteiger charge is 2.25. The Balaban J connectivity index is 2.12. The number of carbonyl (C=O) groups excluding carboxylic acids is 1. The largest absolute Gasteiger partial charge is 0.478 e. The molecule has 0 radical (unpaired) electrons. The van der Waals surface area contributed by atoms with Crippen molar-refractivity contribution in [2.24, 2.45) is 0 Å². The second kappa shape index (κ2) is 4.64. The van der Waals surface area contributed by atoms with Crippen molar-refractivity contribution in [3.05, 3.63) is 46.5 Å². The number of carboxylic acids is 1. The summed E-state index contributed by atoms with van der Waals surface area (Å²) in [5.74, 6) is -0.942. The summed E-state index contributed by atoms with van der Waals surface area (Å²) in [7, 11) is 0. The van der Waals surface area contributed by atoms with Gasteiger partial charge in [0.1, 0.15) is 0 Å². The average molecular weight is 245 g/mol. The predicted octanol–water partition coefficient (Wildman–Crippen LogP) is 1.76. The Labute approximate surface area is 105 Å². The molecule has 0 saturated carbocycles. The first-order chi connectivity index (χ1) is 8.49. The van der Waals surface area contributed by atoms with Crippen molar-refractivity contribution in [3.8, 4) is 0 Å². The second-order valence-electron chi connectivity index (χ2n) is 4.54. The maximum absolute atomic E-state index is 11.5. The molecule has 1 aliphatic rings. The van der Waals surface area contributed by atoms with Crippen molar-refractivity contribution in [1.82, 2.24) is 5.32 Å². The highest BCUT2D eigenvalue weighted by Crippen LogP contribution is 2.20. The quantitative estimate of drug-likeness (QED) is 0.852. The van der Waals surface area contributed by atoms with Crippen LogP contribution in [-0.4, -0.2) is 23.0 Å². The minimum absolute atomic E-state index is 0.0142. The molecular weight excluding hydrogens is 230 g/mol. The van der Waals surface area contributed by atoms with Gasteiger partial charge in [0.05, 0.1) is 11.6 Å². The van der Waals surface area contributed by atoms with Crippen LogP contribution in [-0.2, 0) is 11.2 Å². The van der Waals surface area contributed by atoms with Crippen molar-refractivity contribution in [3.63, 3.8) is 0 Å². The summed E-state index contributed by atoms with van der Waals surface area (Å²) >= 11 is 0. The zero-order chi connectivity index (χ0) is 13.3. The van der Waals surface area contributed by atoms with Crippen LogP contribution in [0, 0.1) is 0 Å². The number of benzene rings is 1. The minimum Gasteiger partial charge on any atom is -0.478 e. The second-order valence-corrected chi connectivity index (χ2v) is 4.54. The van der Waals surface area contributed by atoms with Gasteiger partial charge in [-0.2, -0.15) is 0 Å². The number of rotatable bonds is 3. The van der Waals surface area contributed by atoms with E-state index in [1.54, 1.807) is 24.3 Å². The molecule has 1 heterocycles. The van der Waals surface area contributed by atoms with Gasteiger partial charge < -0.3 is 10.4 Å². The molecule has 0 aromatic heterocycles. The first-order valence-corrected chi connectivity index (χ1v) is 5.79. The Morgan fingerprint density at radius 2 is 1.89 bits per heavy atom. The molecule has 1 aromatic carbocycles. The van der Waals surface area contributed by atoms with Crippen molar-refractivity contribution < 1.29 is 14.7 Å². The third-order valence-corrected chi connectivity index (χ3v) is 3.40. The molecule has 1 aromatic rings. The molecule has 1 amide bonds. The van der Waals surface area contributed by atoms with Gasteiger partial charge >= 0.3 is 5.97 Å². The molecule has 1 aliphatic heterocycles. The van der Waals surface area contributed by atoms with E-state index in [4.69, 9.17) is 5.11 Å². The van der Waals surface area contributed by atoms with Gasteiger partial charge in [-0.05, 0) is 43.5 Å². The Kier molecular flexibility index (Phi) is 3.19. The maximum atomic E-state index is 11.5. The first-order valence-electron chi connectivity index (χ1n) is 5.79. The molecule has 2 rings (SSSR count). The monoisotopic (exact) mass is 245 g/mol. The van der Waals surface area contributed by atoms with Gasteiger partial charge in [0, 0.05) is 5.57 Å². The van der Waals surface area contributed by atoms with Gasteiger partial charge in [0.25, 0.3) is 0 Å². The lowest BCUT2D eigenvalue weighted by Gasteiger charge is -2.12. The molecule has 0 aliphatic carbocycles. The van der Waals surface area contributed by atoms with Gasteiger partial charge in [-0.1, -0.05) is 12.1 Å². The number of hydrogen-bond donors (Lipinski definition) is 2. The van der Waals surface area contributed by atoms with Crippen LogP contribution >= 0.6 is 0 Å². The lowest BCUT2D eigenvalue weighted by molar-refractivity contribution is -0.117. The molecular formula is C14H15NO3. The van der Waals surface area contributed by atoms with Crippen LogP contribution in [0.4, 0.5) is 0 Å². The fourth-order valence-corrected chi connectivity index (χ4v) is 2.04. The zero-order valence-corrected chi connectivity index (χ0v) is 10.4. The van der Waals surface area contributed by atoms with Crippen molar-refractivity contribution in [1.29, 1.82) is 0 Å². The van der Waals surface area contributed by atoms with Crippen LogP contribution < -0.4 is 5.32 Å². The third kappa shape index (κ3) is 2.27. The van der Waals surface area contributed by atoms with Crippen LogP contribution in [0.3, 0.4) is 0 Å². The van der Waals surface area contributed by atoms with Crippen LogP contribution in [0.5, 0.6) is 0 Å². The predicted molar refractivity (Wildman–Crippen MR) is 67.4 cm³/mol. The molecule has 0 bridgehead atoms. The number of hydrogen-bond acceptors (Lipinski definition) is 2. The maximum Gasteiger partial charge on any atom is 0.335 e. The molecule has 0 saturated heterocycles. The average Bonchev–Trinajstić information content (AvgIpc) is 2.58. The smallest absolute Gasteiger partial charge is 0.335 e. The first kappa shape index (κ1) is 12.4. The fraction of sp³-hybridized carbons (Fsp3) is 0.286. The normalized spacial score (nSPS) is 19.0. The molecule has 0 fully saturated rings. The summed E-state index contributed by atoms with van der Waals surface area (Å²) in [4.78, 5) is 22.2. The highest BCUT2D eigenvalue weighted by molar-refractivity contribution is 5.97. The van der Waals surface area contributed by atoms with Crippen molar-refractivity contribution in [2.75, 3.05) is 0 Å². The van der Waals surface area contributed by atoms with Crippen molar-refractivity contribution in [2.45, 2.75) is 26.3 Å². The summed E-state index contributed by atoms with van der Waals surface area (Å²) in [6.07, 6.45) is 0.689. The Bertz CT molecular complexity index is 528. The summed E-state index contributed by atoms with van der Waals surface area (Å²) in [5.41, 5.74) is 3.13. The van der Waals surface area contributed by atoms with E-state index in [2.05, 4.69) is 5.32 Å². The minimum atomic E-state index is -0.928. The lowest BCUT2D eigenvalue weighted by atomic mass is 9.99. The number of carbonyl (C=O) groups is 2. The number of aromatic carboxylic acids is 1. The van der Waals surface area contributed by atoms with E-state index >= 15 is 0 Å². The molecule has 94 valence electrons. The van der Waals surface area contributed by atoms with E-state index in [0.29, 0.717) is 6.42 Å². The van der Waals surface area contributed by atoms with Gasteiger partial charge in [-0.3, -0.25) is 4.79 Å². The molecule has 2 N–H and O–H groups in total. The van der Waals surface area contributed by atoms with E-state index in [9.17, 15) is 9.59 Å². The Morgan fingerprint density at radius 1 is 1.28 bits per heavy atom. The number of amides is 1. The van der Waals surface area contributed by atoms with Gasteiger partial charge in [-0.25, -0.2) is 4.79 Å². The molecule has 0 spiro atoms. The van der Waals surface area contributed by atoms with Crippen LogP contribution in [0.1, 0.15) is 29.8 Å². The standard InChI is InChI=1S/C14H15NO3/c1-8-9(2)13(16)15-12(8)7-10-3-5-11(6-4-10)14(17)18/h3-6,12H,7H2,1-2H3,(H,15,16)(H,17,18)/t12-/m1/s1. The van der Waals surface area contributed by atoms with Gasteiger partial charge in [0.2, 0.25) is 5.91 Å². The zero-order valence-electron chi connectivity index (χ0n) is 10.4. The van der Waals surface area contributed by atoms with E-state index in [1.165, 1.54) is 0 Å². The molecule has 1 atom stereocenters. The van der Waals surface area contributed by atoms with Crippen LogP contribution in [0.15, 0.2) is 35.4 Å². The number of nitrogens with one attached hydrogen (secondary N) is 1. The highest BCUT2D eigenvalue weighted by atomic mass is 16.4. The molecule has 18 heavy (non-hydrogen) atoms. The molecule has 4 nitrogen and oxygen atoms in total. The third-order valence-electron chi connectivity index (χ3n) is 3.40. The topological polar surface area (TPSA) is 66.4 Å². The van der Waals surface area contributed by atoms with Crippen LogP contribution in [0.2, 0.25) is 0 Å². The summed E-state index contributed by atoms with van der Waals surface area (Å²) < 4.78 is 0. The van der Waals surface area contributed by atoms with Gasteiger partial charge in [0.15, 0.2) is 0 Å². The Morgan fingerprint density at radius 3 is 2.33 bits per heavy atom. The summed E-state index contributed by atoms with van der Waals surface area (Å²) in [5, 5.41) is 11.7. The fourth-order valence-electron chi connectivity index (χ4n) is 2.04. The van der Waals surface area contributed by atoms with Crippen molar-refractivity contribution >= 4 is 11.9 Å². The van der Waals surface area contributed by atoms with E-state index < -0.39 is 5.97 Å². The molecule has 0 unspecified atom stereocenters. The summed E-state index contributed by atoms with van der Waals surface area (Å²) in [6.45, 7) is 3.77. The van der Waals surface area contributed by atoms with Crippen LogP contribution in [0.25, 0.3) is 0 Å². The molecule has 4 heteroatoms. The van der Waals surface area contributed by atoms with E-state index in [1.807, 2.05) is 13.8 Å². The SMILES string of the molecule is CC1=C(C)[C@@H](Cc2ccc(C(=O)O)cc2)NC1=O. The van der Waals surface area contributed by atoms with Gasteiger partial charge in [-0.15, -0.1) is 0 Å². The van der Waals surface area contributed by atoms with E-state index in [0.717, 1.165) is 16.7 Å². The number of carboxylic acid groups (broad SMARTS) is 1. The lowest BCUT2D eigenvalue weighted by Crippen LogP contribution is -2.30. The van der Waals surface area contributed by atoms with E-state index in [-0.39, 0.29) is 17.5 Å².